The number of nitrogens with zero attached hydrogens (tertiary/aromatic N) is 2. The van der Waals surface area contributed by atoms with E-state index in [9.17, 15) is 23.2 Å². The molecule has 1 aromatic heterocycles. The molecule has 9 heteroatoms. The zero-order valence-corrected chi connectivity index (χ0v) is 16.2. The van der Waals surface area contributed by atoms with Crippen LogP contribution in [-0.2, 0) is 11.0 Å². The van der Waals surface area contributed by atoms with Crippen molar-refractivity contribution in [3.63, 3.8) is 0 Å². The fourth-order valence-corrected chi connectivity index (χ4v) is 3.34. The average molecular weight is 409 g/mol. The molecule has 0 aliphatic rings. The van der Waals surface area contributed by atoms with Gasteiger partial charge >= 0.3 is 6.18 Å². The minimum absolute atomic E-state index is 0.114. The van der Waals surface area contributed by atoms with Crippen LogP contribution in [0.3, 0.4) is 0 Å². The predicted molar refractivity (Wildman–Crippen MR) is 100 cm³/mol. The Morgan fingerprint density at radius 3 is 2.68 bits per heavy atom. The lowest BCUT2D eigenvalue weighted by atomic mass is 10.1. The summed E-state index contributed by atoms with van der Waals surface area (Å²) in [5.74, 6) is 0.0409. The highest BCUT2D eigenvalue weighted by molar-refractivity contribution is 8.00. The third-order valence-corrected chi connectivity index (χ3v) is 4.72. The molecular formula is C19H18F3N3O2S. The van der Waals surface area contributed by atoms with Gasteiger partial charge in [0.1, 0.15) is 16.8 Å². The number of ether oxygens (including phenoxy) is 1. The summed E-state index contributed by atoms with van der Waals surface area (Å²) in [5.41, 5.74) is -1.07. The monoisotopic (exact) mass is 409 g/mol. The average Bonchev–Trinajstić information content (AvgIpc) is 2.62. The second-order valence-corrected chi connectivity index (χ2v) is 7.11. The quantitative estimate of drug-likeness (QED) is 0.694. The highest BCUT2D eigenvalue weighted by Gasteiger charge is 2.36. The fraction of sp³-hybridized carbons (Fsp3) is 0.316. The number of amides is 1. The Balaban J connectivity index is 2.26. The molecule has 2 rings (SSSR count). The number of carbonyl (C=O) groups is 1. The predicted octanol–water partition coefficient (Wildman–Crippen LogP) is 4.80. The normalized spacial score (nSPS) is 12.2. The number of hydrogen-bond acceptors (Lipinski definition) is 5. The van der Waals surface area contributed by atoms with E-state index < -0.39 is 28.5 Å². The summed E-state index contributed by atoms with van der Waals surface area (Å²) in [5, 5.41) is 11.0. The van der Waals surface area contributed by atoms with E-state index in [0.717, 1.165) is 17.8 Å². The van der Waals surface area contributed by atoms with Gasteiger partial charge in [0.15, 0.2) is 0 Å². The third kappa shape index (κ3) is 5.16. The molecule has 2 aromatic rings. The largest absolute Gasteiger partial charge is 0.492 e. The molecule has 1 amide bonds. The number of nitriles is 1. The van der Waals surface area contributed by atoms with E-state index in [0.29, 0.717) is 18.0 Å². The molecule has 148 valence electrons. The van der Waals surface area contributed by atoms with E-state index in [1.807, 2.05) is 6.92 Å². The van der Waals surface area contributed by atoms with Gasteiger partial charge < -0.3 is 10.1 Å². The number of alkyl halides is 3. The first-order valence-corrected chi connectivity index (χ1v) is 9.23. The van der Waals surface area contributed by atoms with Crippen LogP contribution in [0.1, 0.15) is 30.7 Å². The van der Waals surface area contributed by atoms with Crippen molar-refractivity contribution >= 4 is 23.4 Å². The molecule has 1 unspecified atom stereocenters. The van der Waals surface area contributed by atoms with Gasteiger partial charge in [0.2, 0.25) is 5.91 Å². The maximum atomic E-state index is 13.2. The molecular weight excluding hydrogens is 391 g/mol. The highest BCUT2D eigenvalue weighted by Crippen LogP contribution is 2.37. The van der Waals surface area contributed by atoms with Crippen molar-refractivity contribution in [2.75, 3.05) is 11.9 Å². The van der Waals surface area contributed by atoms with Crippen LogP contribution in [0.2, 0.25) is 0 Å². The van der Waals surface area contributed by atoms with Crippen molar-refractivity contribution < 1.29 is 22.7 Å². The van der Waals surface area contributed by atoms with E-state index in [4.69, 9.17) is 4.74 Å². The summed E-state index contributed by atoms with van der Waals surface area (Å²) in [7, 11) is 0. The molecule has 0 bridgehead atoms. The number of rotatable bonds is 6. The molecule has 0 saturated heterocycles. The third-order valence-electron chi connectivity index (χ3n) is 3.63. The first-order chi connectivity index (χ1) is 13.2. The van der Waals surface area contributed by atoms with E-state index in [1.165, 1.54) is 13.8 Å². The Bertz CT molecular complexity index is 910. The van der Waals surface area contributed by atoms with Crippen LogP contribution in [0.15, 0.2) is 35.4 Å². The van der Waals surface area contributed by atoms with Gasteiger partial charge in [0, 0.05) is 5.69 Å². The van der Waals surface area contributed by atoms with E-state index in [-0.39, 0.29) is 10.7 Å². The molecule has 0 fully saturated rings. The number of para-hydroxylation sites is 2. The Labute approximate surface area is 164 Å². The maximum Gasteiger partial charge on any atom is 0.417 e. The highest BCUT2D eigenvalue weighted by atomic mass is 32.2. The lowest BCUT2D eigenvalue weighted by molar-refractivity contribution is -0.138. The topological polar surface area (TPSA) is 75.0 Å². The molecule has 0 radical (unpaired) electrons. The van der Waals surface area contributed by atoms with Crippen LogP contribution in [-0.4, -0.2) is 22.7 Å². The molecule has 0 spiro atoms. The number of benzene rings is 1. The van der Waals surface area contributed by atoms with Crippen LogP contribution in [0, 0.1) is 18.3 Å². The zero-order chi connectivity index (χ0) is 20.9. The van der Waals surface area contributed by atoms with Crippen LogP contribution in [0.25, 0.3) is 0 Å². The number of carbonyl (C=O) groups excluding carboxylic acids is 1. The number of pyridine rings is 1. The fourth-order valence-electron chi connectivity index (χ4n) is 2.37. The van der Waals surface area contributed by atoms with Crippen LogP contribution in [0.5, 0.6) is 5.75 Å². The minimum Gasteiger partial charge on any atom is -0.492 e. The Morgan fingerprint density at radius 2 is 2.07 bits per heavy atom. The summed E-state index contributed by atoms with van der Waals surface area (Å²) in [6.07, 6.45) is -4.68. The van der Waals surface area contributed by atoms with Gasteiger partial charge in [0.25, 0.3) is 0 Å². The van der Waals surface area contributed by atoms with E-state index in [1.54, 1.807) is 30.3 Å². The SMILES string of the molecule is CCOc1ccccc1NC(=O)C(C)Sc1nc(C)cc(C(F)(F)F)c1C#N. The molecule has 0 aliphatic heterocycles. The second-order valence-electron chi connectivity index (χ2n) is 5.78. The van der Waals surface area contributed by atoms with Crippen LogP contribution < -0.4 is 10.1 Å². The van der Waals surface area contributed by atoms with Gasteiger partial charge in [-0.2, -0.15) is 18.4 Å². The van der Waals surface area contributed by atoms with E-state index >= 15 is 0 Å². The summed E-state index contributed by atoms with van der Waals surface area (Å²) in [6.45, 7) is 5.16. The number of hydrogen-bond donors (Lipinski definition) is 1. The van der Waals surface area contributed by atoms with Gasteiger partial charge in [-0.3, -0.25) is 4.79 Å². The molecule has 0 saturated carbocycles. The van der Waals surface area contributed by atoms with Crippen molar-refractivity contribution in [2.24, 2.45) is 0 Å². The molecule has 5 nitrogen and oxygen atoms in total. The first kappa shape index (κ1) is 21.6. The minimum atomic E-state index is -4.68. The maximum absolute atomic E-state index is 13.2. The van der Waals surface area contributed by atoms with Crippen LogP contribution in [0.4, 0.5) is 18.9 Å². The molecule has 1 atom stereocenters. The number of nitrogens with one attached hydrogen (secondary N) is 1. The van der Waals surface area contributed by atoms with Gasteiger partial charge in [-0.1, -0.05) is 23.9 Å². The first-order valence-electron chi connectivity index (χ1n) is 8.35. The number of anilines is 1. The Hall–Kier alpha value is -2.73. The lowest BCUT2D eigenvalue weighted by Crippen LogP contribution is -2.23. The summed E-state index contributed by atoms with van der Waals surface area (Å²) in [6, 6.07) is 9.23. The van der Waals surface area contributed by atoms with Crippen molar-refractivity contribution in [1.82, 2.24) is 4.98 Å². The molecule has 0 aliphatic carbocycles. The van der Waals surface area contributed by atoms with Crippen molar-refractivity contribution in [2.45, 2.75) is 37.2 Å². The standard InChI is InChI=1S/C19H18F3N3O2S/c1-4-27-16-8-6-5-7-15(16)25-17(26)12(3)28-18-13(10-23)14(19(20,21)22)9-11(2)24-18/h5-9,12H,4H2,1-3H3,(H,25,26). The lowest BCUT2D eigenvalue weighted by Gasteiger charge is -2.16. The Morgan fingerprint density at radius 1 is 1.39 bits per heavy atom. The van der Waals surface area contributed by atoms with Crippen molar-refractivity contribution in [1.29, 1.82) is 5.26 Å². The molecule has 28 heavy (non-hydrogen) atoms. The van der Waals surface area contributed by atoms with Crippen LogP contribution >= 0.6 is 11.8 Å². The van der Waals surface area contributed by atoms with Crippen molar-refractivity contribution in [3.8, 4) is 11.8 Å². The number of halogens is 3. The number of aromatic nitrogens is 1. The Kier molecular flexibility index (Phi) is 6.91. The van der Waals surface area contributed by atoms with Crippen molar-refractivity contribution in [3.05, 3.63) is 47.2 Å². The van der Waals surface area contributed by atoms with Gasteiger partial charge in [0.05, 0.1) is 28.7 Å². The van der Waals surface area contributed by atoms with Gasteiger partial charge in [-0.15, -0.1) is 0 Å². The van der Waals surface area contributed by atoms with E-state index in [2.05, 4.69) is 10.3 Å². The molecule has 1 heterocycles. The molecule has 1 N–H and O–H groups in total. The smallest absolute Gasteiger partial charge is 0.417 e. The summed E-state index contributed by atoms with van der Waals surface area (Å²) in [4.78, 5) is 16.5. The second kappa shape index (κ2) is 8.97. The summed E-state index contributed by atoms with van der Waals surface area (Å²) < 4.78 is 45.1. The van der Waals surface area contributed by atoms with Gasteiger partial charge in [-0.25, -0.2) is 4.98 Å². The zero-order valence-electron chi connectivity index (χ0n) is 15.4. The molecule has 1 aromatic carbocycles. The summed E-state index contributed by atoms with van der Waals surface area (Å²) >= 11 is 0.799. The number of thioether (sulfide) groups is 1. The van der Waals surface area contributed by atoms with Gasteiger partial charge in [-0.05, 0) is 39.0 Å². The number of aryl methyl sites for hydroxylation is 1.